The van der Waals surface area contributed by atoms with Gasteiger partial charge in [-0.2, -0.15) is 0 Å². The van der Waals surface area contributed by atoms with Gasteiger partial charge in [-0.25, -0.2) is 4.39 Å². The van der Waals surface area contributed by atoms with E-state index in [-0.39, 0.29) is 5.82 Å². The summed E-state index contributed by atoms with van der Waals surface area (Å²) in [5.41, 5.74) is 2.30. The summed E-state index contributed by atoms with van der Waals surface area (Å²) in [6, 6.07) is 8.86. The van der Waals surface area contributed by atoms with Crippen LogP contribution in [0, 0.1) is 5.82 Å². The maximum Gasteiger partial charge on any atom is 0.123 e. The van der Waals surface area contributed by atoms with Crippen molar-refractivity contribution in [2.45, 2.75) is 13.0 Å². The van der Waals surface area contributed by atoms with E-state index in [0.717, 1.165) is 25.1 Å². The Balaban J connectivity index is 1.73. The number of aromatic nitrogens is 1. The minimum Gasteiger partial charge on any atom is -0.357 e. The molecule has 1 N–H and O–H groups in total. The van der Waals surface area contributed by atoms with Gasteiger partial charge in [-0.15, -0.1) is 0 Å². The summed E-state index contributed by atoms with van der Waals surface area (Å²) in [6.07, 6.45) is 4.98. The highest BCUT2D eigenvalue weighted by molar-refractivity contribution is 5.16. The van der Waals surface area contributed by atoms with Gasteiger partial charge in [0.25, 0.3) is 0 Å². The Bertz CT molecular complexity index is 477. The van der Waals surface area contributed by atoms with Crippen LogP contribution in [0.25, 0.3) is 0 Å². The van der Waals surface area contributed by atoms with E-state index in [1.165, 1.54) is 11.6 Å². The van der Waals surface area contributed by atoms with E-state index >= 15 is 0 Å². The summed E-state index contributed by atoms with van der Waals surface area (Å²) >= 11 is 0. The minimum absolute atomic E-state index is 0.162. The number of halogens is 1. The summed E-state index contributed by atoms with van der Waals surface area (Å²) in [5, 5.41) is 3.35. The quantitative estimate of drug-likeness (QED) is 0.784. The number of hydrogen-bond acceptors (Lipinski definition) is 1. The molecule has 2 aromatic rings. The van der Waals surface area contributed by atoms with Gasteiger partial charge in [-0.05, 0) is 42.3 Å². The molecule has 0 radical (unpaired) electrons. The van der Waals surface area contributed by atoms with Crippen LogP contribution in [0.4, 0.5) is 4.39 Å². The van der Waals surface area contributed by atoms with Crippen molar-refractivity contribution in [3.05, 3.63) is 59.7 Å². The number of benzene rings is 1. The normalized spacial score (nSPS) is 10.7. The number of rotatable bonds is 5. The van der Waals surface area contributed by atoms with Gasteiger partial charge in [0.05, 0.1) is 0 Å². The summed E-state index contributed by atoms with van der Waals surface area (Å²) in [4.78, 5) is 0. The molecular formula is C14H17FN2. The van der Waals surface area contributed by atoms with Crippen molar-refractivity contribution in [3.8, 4) is 0 Å². The van der Waals surface area contributed by atoms with Gasteiger partial charge in [-0.1, -0.05) is 12.1 Å². The lowest BCUT2D eigenvalue weighted by Crippen LogP contribution is -2.16. The van der Waals surface area contributed by atoms with Gasteiger partial charge < -0.3 is 9.88 Å². The lowest BCUT2D eigenvalue weighted by atomic mass is 10.1. The van der Waals surface area contributed by atoms with Gasteiger partial charge >= 0.3 is 0 Å². The zero-order chi connectivity index (χ0) is 12.1. The van der Waals surface area contributed by atoms with Gasteiger partial charge in [0.1, 0.15) is 5.82 Å². The average Bonchev–Trinajstić information content (AvgIpc) is 2.71. The molecule has 0 bridgehead atoms. The van der Waals surface area contributed by atoms with E-state index in [9.17, 15) is 4.39 Å². The fourth-order valence-electron chi connectivity index (χ4n) is 1.82. The predicted molar refractivity (Wildman–Crippen MR) is 67.2 cm³/mol. The largest absolute Gasteiger partial charge is 0.357 e. The molecule has 1 aromatic carbocycles. The SMILES string of the molecule is Cn1ccc(CNCCc2cccc(F)c2)c1. The molecule has 0 saturated heterocycles. The summed E-state index contributed by atoms with van der Waals surface area (Å²) in [5.74, 6) is -0.162. The highest BCUT2D eigenvalue weighted by Crippen LogP contribution is 2.04. The lowest BCUT2D eigenvalue weighted by Gasteiger charge is -2.03. The topological polar surface area (TPSA) is 17.0 Å². The zero-order valence-electron chi connectivity index (χ0n) is 9.99. The molecule has 0 aliphatic carbocycles. The van der Waals surface area contributed by atoms with Gasteiger partial charge in [0, 0.05) is 26.0 Å². The molecular weight excluding hydrogens is 215 g/mol. The Morgan fingerprint density at radius 2 is 2.12 bits per heavy atom. The highest BCUT2D eigenvalue weighted by atomic mass is 19.1. The number of hydrogen-bond donors (Lipinski definition) is 1. The second-order valence-electron chi connectivity index (χ2n) is 4.24. The van der Waals surface area contributed by atoms with Crippen LogP contribution in [-0.2, 0) is 20.0 Å². The first-order chi connectivity index (χ1) is 8.24. The first kappa shape index (κ1) is 11.9. The molecule has 17 heavy (non-hydrogen) atoms. The number of nitrogens with one attached hydrogen (secondary N) is 1. The molecule has 3 heteroatoms. The van der Waals surface area contributed by atoms with Crippen molar-refractivity contribution in [1.82, 2.24) is 9.88 Å². The second kappa shape index (κ2) is 5.64. The van der Waals surface area contributed by atoms with E-state index in [1.54, 1.807) is 12.1 Å². The molecule has 1 heterocycles. The smallest absolute Gasteiger partial charge is 0.123 e. The molecule has 0 aliphatic rings. The van der Waals surface area contributed by atoms with E-state index in [1.807, 2.05) is 23.9 Å². The monoisotopic (exact) mass is 232 g/mol. The average molecular weight is 232 g/mol. The van der Waals surface area contributed by atoms with Gasteiger partial charge in [-0.3, -0.25) is 0 Å². The van der Waals surface area contributed by atoms with Crippen molar-refractivity contribution in [3.63, 3.8) is 0 Å². The Morgan fingerprint density at radius 1 is 1.24 bits per heavy atom. The maximum absolute atomic E-state index is 12.9. The van der Waals surface area contributed by atoms with Crippen LogP contribution < -0.4 is 5.32 Å². The molecule has 2 rings (SSSR count). The standard InChI is InChI=1S/C14H17FN2/c1-17-8-6-13(11-17)10-16-7-5-12-3-2-4-14(15)9-12/h2-4,6,8-9,11,16H,5,7,10H2,1H3. The van der Waals surface area contributed by atoms with Gasteiger partial charge in [0.15, 0.2) is 0 Å². The molecule has 0 saturated carbocycles. The van der Waals surface area contributed by atoms with Crippen molar-refractivity contribution < 1.29 is 4.39 Å². The van der Waals surface area contributed by atoms with Gasteiger partial charge in [0.2, 0.25) is 0 Å². The van der Waals surface area contributed by atoms with Crippen LogP contribution in [0.5, 0.6) is 0 Å². The van der Waals surface area contributed by atoms with Crippen LogP contribution >= 0.6 is 0 Å². The molecule has 1 aromatic heterocycles. The molecule has 0 aliphatic heterocycles. The molecule has 0 amide bonds. The fourth-order valence-corrected chi connectivity index (χ4v) is 1.82. The van der Waals surface area contributed by atoms with E-state index in [2.05, 4.69) is 17.6 Å². The van der Waals surface area contributed by atoms with Crippen molar-refractivity contribution >= 4 is 0 Å². The zero-order valence-corrected chi connectivity index (χ0v) is 9.99. The third kappa shape index (κ3) is 3.71. The van der Waals surface area contributed by atoms with E-state index in [4.69, 9.17) is 0 Å². The molecule has 0 atom stereocenters. The minimum atomic E-state index is -0.162. The number of nitrogens with zero attached hydrogens (tertiary/aromatic N) is 1. The van der Waals surface area contributed by atoms with Crippen LogP contribution in [0.2, 0.25) is 0 Å². The molecule has 0 spiro atoms. The first-order valence-electron chi connectivity index (χ1n) is 5.80. The molecule has 2 nitrogen and oxygen atoms in total. The summed E-state index contributed by atoms with van der Waals surface area (Å²) < 4.78 is 15.0. The van der Waals surface area contributed by atoms with E-state index in [0.29, 0.717) is 0 Å². The molecule has 0 fully saturated rings. The highest BCUT2D eigenvalue weighted by Gasteiger charge is 1.96. The Labute approximate surface area is 101 Å². The predicted octanol–water partition coefficient (Wildman–Crippen LogP) is 2.50. The molecule has 0 unspecified atom stereocenters. The summed E-state index contributed by atoms with van der Waals surface area (Å²) in [7, 11) is 2.01. The van der Waals surface area contributed by atoms with E-state index < -0.39 is 0 Å². The fraction of sp³-hybridized carbons (Fsp3) is 0.286. The lowest BCUT2D eigenvalue weighted by molar-refractivity contribution is 0.622. The third-order valence-electron chi connectivity index (χ3n) is 2.70. The Kier molecular flexibility index (Phi) is 3.94. The second-order valence-corrected chi connectivity index (χ2v) is 4.24. The summed E-state index contributed by atoms with van der Waals surface area (Å²) in [6.45, 7) is 1.72. The maximum atomic E-state index is 12.9. The third-order valence-corrected chi connectivity index (χ3v) is 2.70. The van der Waals surface area contributed by atoms with Crippen molar-refractivity contribution in [2.75, 3.05) is 6.54 Å². The Morgan fingerprint density at radius 3 is 2.82 bits per heavy atom. The van der Waals surface area contributed by atoms with Crippen LogP contribution in [0.3, 0.4) is 0 Å². The van der Waals surface area contributed by atoms with Crippen molar-refractivity contribution in [1.29, 1.82) is 0 Å². The van der Waals surface area contributed by atoms with Crippen molar-refractivity contribution in [2.24, 2.45) is 7.05 Å². The van der Waals surface area contributed by atoms with Crippen LogP contribution in [0.15, 0.2) is 42.7 Å². The number of aryl methyl sites for hydroxylation is 1. The van der Waals surface area contributed by atoms with Crippen LogP contribution in [-0.4, -0.2) is 11.1 Å². The van der Waals surface area contributed by atoms with Crippen LogP contribution in [0.1, 0.15) is 11.1 Å². The Hall–Kier alpha value is -1.61. The molecule has 90 valence electrons. The first-order valence-corrected chi connectivity index (χ1v) is 5.80.